The van der Waals surface area contributed by atoms with E-state index in [2.05, 4.69) is 32.8 Å². The first-order chi connectivity index (χ1) is 18.0. The Morgan fingerprint density at radius 1 is 0.946 bits per heavy atom. The van der Waals surface area contributed by atoms with Crippen molar-refractivity contribution in [3.05, 3.63) is 41.8 Å². The lowest BCUT2D eigenvalue weighted by molar-refractivity contribution is 0.185. The Labute approximate surface area is 221 Å². The van der Waals surface area contributed by atoms with E-state index in [-0.39, 0.29) is 11.6 Å². The van der Waals surface area contributed by atoms with Gasteiger partial charge >= 0.3 is 0 Å². The zero-order chi connectivity index (χ0) is 26.0. The van der Waals surface area contributed by atoms with Crippen molar-refractivity contribution in [3.63, 3.8) is 0 Å². The van der Waals surface area contributed by atoms with Crippen LogP contribution in [0.3, 0.4) is 0 Å². The Bertz CT molecular complexity index is 967. The molecule has 2 saturated carbocycles. The van der Waals surface area contributed by atoms with Crippen LogP contribution in [0.15, 0.2) is 30.5 Å². The lowest BCUT2D eigenvalue weighted by atomic mass is 9.73. The molecule has 204 valence electrons. The Kier molecular flexibility index (Phi) is 10.4. The second-order valence-corrected chi connectivity index (χ2v) is 11.3. The number of rotatable bonds is 12. The van der Waals surface area contributed by atoms with Crippen molar-refractivity contribution in [3.8, 4) is 5.75 Å². The smallest absolute Gasteiger partial charge is 0.225 e. The molecule has 37 heavy (non-hydrogen) atoms. The Hall–Kier alpha value is -2.45. The first-order valence-electron chi connectivity index (χ1n) is 14.2. The molecule has 4 rings (SSSR count). The highest BCUT2D eigenvalue weighted by atomic mass is 19.1. The van der Waals surface area contributed by atoms with Crippen LogP contribution in [-0.4, -0.2) is 40.8 Å². The van der Waals surface area contributed by atoms with Crippen LogP contribution in [-0.2, 0) is 6.54 Å². The van der Waals surface area contributed by atoms with Gasteiger partial charge in [0.25, 0.3) is 0 Å². The molecule has 0 saturated heterocycles. The molecule has 0 aliphatic heterocycles. The molecule has 1 heterocycles. The van der Waals surface area contributed by atoms with Crippen molar-refractivity contribution in [1.82, 2.24) is 15.3 Å². The molecule has 2 aromatic rings. The van der Waals surface area contributed by atoms with E-state index >= 15 is 0 Å². The number of hydrogen-bond donors (Lipinski definition) is 5. The van der Waals surface area contributed by atoms with E-state index in [1.165, 1.54) is 44.7 Å². The van der Waals surface area contributed by atoms with E-state index in [4.69, 9.17) is 5.73 Å². The van der Waals surface area contributed by atoms with Gasteiger partial charge in [-0.25, -0.2) is 9.37 Å². The van der Waals surface area contributed by atoms with Crippen LogP contribution >= 0.6 is 0 Å². The third kappa shape index (κ3) is 8.54. The zero-order valence-electron chi connectivity index (χ0n) is 22.3. The maximum atomic E-state index is 14.5. The minimum absolute atomic E-state index is 0.210. The summed E-state index contributed by atoms with van der Waals surface area (Å²) in [6.07, 6.45) is 12.1. The lowest BCUT2D eigenvalue weighted by Gasteiger charge is -2.36. The molecule has 8 heteroatoms. The largest absolute Gasteiger partial charge is 0.508 e. The highest BCUT2D eigenvalue weighted by Gasteiger charge is 2.29. The normalized spacial score (nSPS) is 26.1. The molecule has 0 amide bonds. The molecule has 1 aromatic heterocycles. The molecule has 0 spiro atoms. The second kappa shape index (κ2) is 13.9. The van der Waals surface area contributed by atoms with E-state index in [0.717, 1.165) is 49.8 Å². The fraction of sp³-hybridized carbons (Fsp3) is 0.655. The van der Waals surface area contributed by atoms with Crippen LogP contribution in [0.2, 0.25) is 0 Å². The lowest BCUT2D eigenvalue weighted by Crippen LogP contribution is -2.36. The molecule has 2 aliphatic rings. The average molecular weight is 513 g/mol. The highest BCUT2D eigenvalue weighted by Crippen LogP contribution is 2.36. The summed E-state index contributed by atoms with van der Waals surface area (Å²) in [5.41, 5.74) is 6.80. The third-order valence-electron chi connectivity index (χ3n) is 8.19. The zero-order valence-corrected chi connectivity index (χ0v) is 22.3. The number of nitrogens with two attached hydrogens (primary N) is 1. The quantitative estimate of drug-likeness (QED) is 0.263. The molecule has 6 N–H and O–H groups in total. The van der Waals surface area contributed by atoms with Crippen molar-refractivity contribution in [2.24, 2.45) is 29.4 Å². The molecule has 1 aromatic carbocycles. The SMILES string of the molecule is CCCC1C[C@@H](CNC[C@H]2CC[C@@H](N)CC2)C[C@H](CNc2nc(NCc3ccccc3O)ncc2F)C1. The summed E-state index contributed by atoms with van der Waals surface area (Å²) in [5.74, 6) is 2.99. The van der Waals surface area contributed by atoms with Gasteiger partial charge < -0.3 is 26.8 Å². The van der Waals surface area contributed by atoms with E-state index in [0.29, 0.717) is 36.9 Å². The van der Waals surface area contributed by atoms with Crippen LogP contribution < -0.4 is 21.7 Å². The summed E-state index contributed by atoms with van der Waals surface area (Å²) in [7, 11) is 0. The second-order valence-electron chi connectivity index (χ2n) is 11.3. The molecule has 1 unspecified atom stereocenters. The van der Waals surface area contributed by atoms with E-state index in [1.807, 2.05) is 12.1 Å². The van der Waals surface area contributed by atoms with E-state index in [1.54, 1.807) is 12.1 Å². The number of benzene rings is 1. The summed E-state index contributed by atoms with van der Waals surface area (Å²) in [6, 6.07) is 7.51. The first kappa shape index (κ1) is 27.6. The molecule has 2 fully saturated rings. The highest BCUT2D eigenvalue weighted by molar-refractivity contribution is 5.42. The monoisotopic (exact) mass is 512 g/mol. The van der Waals surface area contributed by atoms with Crippen LogP contribution in [0.25, 0.3) is 0 Å². The average Bonchev–Trinajstić information content (AvgIpc) is 2.89. The van der Waals surface area contributed by atoms with Gasteiger partial charge in [-0.2, -0.15) is 4.98 Å². The number of anilines is 2. The Morgan fingerprint density at radius 2 is 1.65 bits per heavy atom. The van der Waals surface area contributed by atoms with Gasteiger partial charge in [-0.1, -0.05) is 38.0 Å². The summed E-state index contributed by atoms with van der Waals surface area (Å²) in [4.78, 5) is 8.44. The van der Waals surface area contributed by atoms with Crippen molar-refractivity contribution in [2.75, 3.05) is 30.3 Å². The van der Waals surface area contributed by atoms with Gasteiger partial charge in [0.05, 0.1) is 6.20 Å². The van der Waals surface area contributed by atoms with E-state index < -0.39 is 5.82 Å². The standard InChI is InChI=1S/C29H45FN6O/c1-2-5-21-12-22(16-32-15-20-8-10-25(31)11-9-20)14-23(13-21)17-33-28-26(30)19-35-29(36-28)34-18-24-6-3-4-7-27(24)37/h3-4,6-7,19-23,25,32,37H,2,5,8-18,31H2,1H3,(H2,33,34,35,36)/t20-,21?,22-,23-,25+/m1/s1. The van der Waals surface area contributed by atoms with E-state index in [9.17, 15) is 9.50 Å². The number of phenolic OH excluding ortho intramolecular Hbond substituents is 1. The molecule has 0 bridgehead atoms. The van der Waals surface area contributed by atoms with Gasteiger partial charge in [0.15, 0.2) is 11.6 Å². The molecule has 2 aliphatic carbocycles. The molecular weight excluding hydrogens is 467 g/mol. The van der Waals surface area contributed by atoms with Gasteiger partial charge in [-0.3, -0.25) is 0 Å². The van der Waals surface area contributed by atoms with Gasteiger partial charge in [0.1, 0.15) is 5.75 Å². The van der Waals surface area contributed by atoms with Crippen LogP contribution in [0.1, 0.15) is 70.3 Å². The number of aromatic hydroxyl groups is 1. The minimum Gasteiger partial charge on any atom is -0.508 e. The maximum Gasteiger partial charge on any atom is 0.225 e. The molecular formula is C29H45FN6O. The van der Waals surface area contributed by atoms with Gasteiger partial charge in [-0.05, 0) is 87.8 Å². The number of nitrogens with zero attached hydrogens (tertiary/aromatic N) is 2. The maximum absolute atomic E-state index is 14.5. The Morgan fingerprint density at radius 3 is 2.41 bits per heavy atom. The Balaban J connectivity index is 1.28. The van der Waals surface area contributed by atoms with Gasteiger partial charge in [-0.15, -0.1) is 0 Å². The van der Waals surface area contributed by atoms with Crippen LogP contribution in [0, 0.1) is 29.5 Å². The minimum atomic E-state index is -0.445. The van der Waals surface area contributed by atoms with Gasteiger partial charge in [0, 0.05) is 24.7 Å². The fourth-order valence-electron chi connectivity index (χ4n) is 6.22. The summed E-state index contributed by atoms with van der Waals surface area (Å²) < 4.78 is 14.5. The number of halogens is 1. The summed E-state index contributed by atoms with van der Waals surface area (Å²) >= 11 is 0. The van der Waals surface area contributed by atoms with Crippen molar-refractivity contribution >= 4 is 11.8 Å². The number of hydrogen-bond acceptors (Lipinski definition) is 7. The number of para-hydroxylation sites is 1. The van der Waals surface area contributed by atoms with Crippen LogP contribution in [0.5, 0.6) is 5.75 Å². The predicted octanol–water partition coefficient (Wildman–Crippen LogP) is 5.29. The molecule has 3 atom stereocenters. The third-order valence-corrected chi connectivity index (χ3v) is 8.19. The number of phenols is 1. The van der Waals surface area contributed by atoms with Gasteiger partial charge in [0.2, 0.25) is 5.95 Å². The fourth-order valence-corrected chi connectivity index (χ4v) is 6.22. The summed E-state index contributed by atoms with van der Waals surface area (Å²) in [6.45, 7) is 5.52. The number of aromatic nitrogens is 2. The predicted molar refractivity (Wildman–Crippen MR) is 148 cm³/mol. The van der Waals surface area contributed by atoms with Crippen molar-refractivity contribution in [2.45, 2.75) is 77.3 Å². The summed E-state index contributed by atoms with van der Waals surface area (Å²) in [5, 5.41) is 20.1. The van der Waals surface area contributed by atoms with Crippen LogP contribution in [0.4, 0.5) is 16.2 Å². The number of nitrogens with one attached hydrogen (secondary N) is 3. The van der Waals surface area contributed by atoms with Crippen molar-refractivity contribution in [1.29, 1.82) is 0 Å². The first-order valence-corrected chi connectivity index (χ1v) is 14.2. The van der Waals surface area contributed by atoms with Crippen molar-refractivity contribution < 1.29 is 9.50 Å². The molecule has 0 radical (unpaired) electrons. The molecule has 7 nitrogen and oxygen atoms in total. The topological polar surface area (TPSA) is 108 Å².